The minimum Gasteiger partial charge on any atom is -0.264 e. The Morgan fingerprint density at radius 3 is 1.52 bits per heavy atom. The van der Waals surface area contributed by atoms with E-state index in [9.17, 15) is 0 Å². The van der Waals surface area contributed by atoms with Crippen LogP contribution in [0.15, 0.2) is 188 Å². The van der Waals surface area contributed by atoms with Crippen LogP contribution in [0.4, 0.5) is 0 Å². The third kappa shape index (κ3) is 6.48. The molecule has 0 atom stereocenters. The first-order chi connectivity index (χ1) is 27.7. The second-order valence-electron chi connectivity index (χ2n) is 14.2. The molecule has 264 valence electrons. The van der Waals surface area contributed by atoms with Gasteiger partial charge in [-0.1, -0.05) is 152 Å². The number of pyridine rings is 1. The van der Waals surface area contributed by atoms with Crippen molar-refractivity contribution in [2.45, 2.75) is 12.8 Å². The van der Waals surface area contributed by atoms with Crippen LogP contribution >= 0.6 is 0 Å². The summed E-state index contributed by atoms with van der Waals surface area (Å²) in [5, 5.41) is 2.59. The van der Waals surface area contributed by atoms with E-state index in [1.165, 1.54) is 33.0 Å². The molecule has 0 radical (unpaired) electrons. The zero-order chi connectivity index (χ0) is 37.3. The summed E-state index contributed by atoms with van der Waals surface area (Å²) in [5.74, 6) is 1.90. The summed E-state index contributed by atoms with van der Waals surface area (Å²) in [4.78, 5) is 19.5. The molecule has 1 aliphatic carbocycles. The number of rotatable bonds is 7. The summed E-state index contributed by atoms with van der Waals surface area (Å²) in [7, 11) is 0. The van der Waals surface area contributed by atoms with Gasteiger partial charge in [0, 0.05) is 29.1 Å². The minimum absolute atomic E-state index is 0.625. The summed E-state index contributed by atoms with van der Waals surface area (Å²) >= 11 is 0. The average Bonchev–Trinajstić information content (AvgIpc) is 3.29. The molecule has 2 heterocycles. The van der Waals surface area contributed by atoms with Gasteiger partial charge in [-0.15, -0.1) is 0 Å². The van der Waals surface area contributed by atoms with Crippen LogP contribution < -0.4 is 0 Å². The van der Waals surface area contributed by atoms with E-state index in [1.807, 2.05) is 72.9 Å². The van der Waals surface area contributed by atoms with Crippen LogP contribution in [0.3, 0.4) is 0 Å². The molecule has 4 nitrogen and oxygen atoms in total. The zero-order valence-corrected chi connectivity index (χ0v) is 30.7. The van der Waals surface area contributed by atoms with Crippen LogP contribution in [0.1, 0.15) is 17.5 Å². The van der Waals surface area contributed by atoms with Crippen molar-refractivity contribution in [3.63, 3.8) is 0 Å². The highest BCUT2D eigenvalue weighted by molar-refractivity contribution is 5.97. The van der Waals surface area contributed by atoms with Gasteiger partial charge in [0.05, 0.1) is 0 Å². The Labute approximate surface area is 326 Å². The number of benzene rings is 7. The van der Waals surface area contributed by atoms with Gasteiger partial charge < -0.3 is 0 Å². The fourth-order valence-corrected chi connectivity index (χ4v) is 7.82. The van der Waals surface area contributed by atoms with Crippen LogP contribution in [-0.2, 0) is 6.42 Å². The van der Waals surface area contributed by atoms with Crippen LogP contribution in [0.2, 0.25) is 0 Å². The molecule has 1 aliphatic rings. The Kier molecular flexibility index (Phi) is 8.62. The lowest BCUT2D eigenvalue weighted by atomic mass is 9.85. The Morgan fingerprint density at radius 2 is 0.911 bits per heavy atom. The zero-order valence-electron chi connectivity index (χ0n) is 30.7. The second kappa shape index (κ2) is 14.5. The van der Waals surface area contributed by atoms with Crippen molar-refractivity contribution in [3.05, 3.63) is 199 Å². The molecule has 0 saturated heterocycles. The smallest absolute Gasteiger partial charge is 0.164 e. The van der Waals surface area contributed by atoms with Gasteiger partial charge in [-0.25, -0.2) is 15.0 Å². The molecule has 0 saturated carbocycles. The first-order valence-corrected chi connectivity index (χ1v) is 19.1. The SMILES string of the molecule is C1=Cc2c(c(-c3ccc(-c4cc(-c5ccc(-c6cccnc6)cc5)cc(-c5nc(-c6ccccc6)nc(-c6ccccc6)n5)c4)cc3)cc3ccccc23)CC1. The van der Waals surface area contributed by atoms with Gasteiger partial charge in [0.1, 0.15) is 0 Å². The van der Waals surface area contributed by atoms with Crippen molar-refractivity contribution < 1.29 is 0 Å². The topological polar surface area (TPSA) is 51.6 Å². The number of fused-ring (bicyclic) bond motifs is 3. The van der Waals surface area contributed by atoms with E-state index in [-0.39, 0.29) is 0 Å². The van der Waals surface area contributed by atoms with E-state index in [4.69, 9.17) is 15.0 Å². The van der Waals surface area contributed by atoms with E-state index in [1.54, 1.807) is 6.20 Å². The lowest BCUT2D eigenvalue weighted by Crippen LogP contribution is -2.00. The first kappa shape index (κ1) is 33.3. The Hall–Kier alpha value is -7.30. The molecule has 10 rings (SSSR count). The maximum atomic E-state index is 5.11. The molecule has 0 bridgehead atoms. The minimum atomic E-state index is 0.625. The molecule has 0 N–H and O–H groups in total. The van der Waals surface area contributed by atoms with Crippen LogP contribution in [0, 0.1) is 0 Å². The monoisotopic (exact) mass is 716 g/mol. The van der Waals surface area contributed by atoms with Crippen LogP contribution in [0.5, 0.6) is 0 Å². The van der Waals surface area contributed by atoms with Crippen molar-refractivity contribution in [1.82, 2.24) is 19.9 Å². The molecular weight excluding hydrogens is 681 g/mol. The Balaban J connectivity index is 1.11. The summed E-state index contributed by atoms with van der Waals surface area (Å²) in [6.45, 7) is 0. The van der Waals surface area contributed by atoms with Gasteiger partial charge in [0.25, 0.3) is 0 Å². The largest absolute Gasteiger partial charge is 0.264 e. The van der Waals surface area contributed by atoms with Crippen molar-refractivity contribution in [1.29, 1.82) is 0 Å². The number of hydrogen-bond donors (Lipinski definition) is 0. The molecule has 9 aromatic rings. The van der Waals surface area contributed by atoms with E-state index in [2.05, 4.69) is 120 Å². The van der Waals surface area contributed by atoms with Crippen LogP contribution in [0.25, 0.3) is 95.5 Å². The maximum absolute atomic E-state index is 5.11. The fourth-order valence-electron chi connectivity index (χ4n) is 7.82. The predicted molar refractivity (Wildman–Crippen MR) is 231 cm³/mol. The van der Waals surface area contributed by atoms with Gasteiger partial charge in [-0.3, -0.25) is 4.98 Å². The third-order valence-corrected chi connectivity index (χ3v) is 10.7. The summed E-state index contributed by atoms with van der Waals surface area (Å²) in [6.07, 6.45) is 10.4. The number of allylic oxidation sites excluding steroid dienone is 1. The first-order valence-electron chi connectivity index (χ1n) is 19.1. The molecule has 0 aliphatic heterocycles. The summed E-state index contributed by atoms with van der Waals surface area (Å²) in [5.41, 5.74) is 14.7. The highest BCUT2D eigenvalue weighted by Gasteiger charge is 2.17. The molecule has 4 heteroatoms. The molecule has 0 unspecified atom stereocenters. The molecule has 2 aromatic heterocycles. The van der Waals surface area contributed by atoms with Gasteiger partial charge in [0.15, 0.2) is 17.5 Å². The van der Waals surface area contributed by atoms with Crippen LogP contribution in [-0.4, -0.2) is 19.9 Å². The Morgan fingerprint density at radius 1 is 0.393 bits per heavy atom. The predicted octanol–water partition coefficient (Wildman–Crippen LogP) is 13.0. The number of aromatic nitrogens is 4. The molecule has 0 fully saturated rings. The number of hydrogen-bond acceptors (Lipinski definition) is 4. The van der Waals surface area contributed by atoms with Crippen molar-refractivity contribution in [2.24, 2.45) is 0 Å². The quantitative estimate of drug-likeness (QED) is 0.165. The van der Waals surface area contributed by atoms with Crippen molar-refractivity contribution >= 4 is 16.8 Å². The maximum Gasteiger partial charge on any atom is 0.164 e. The van der Waals surface area contributed by atoms with E-state index in [0.29, 0.717) is 17.5 Å². The van der Waals surface area contributed by atoms with Gasteiger partial charge in [0.2, 0.25) is 0 Å². The normalized spacial score (nSPS) is 12.1. The molecule has 56 heavy (non-hydrogen) atoms. The molecular formula is C52H36N4. The number of nitrogens with zero attached hydrogens (tertiary/aromatic N) is 4. The second-order valence-corrected chi connectivity index (χ2v) is 14.2. The van der Waals surface area contributed by atoms with Gasteiger partial charge in [-0.05, 0) is 110 Å². The lowest BCUT2D eigenvalue weighted by Gasteiger charge is -2.19. The highest BCUT2D eigenvalue weighted by atomic mass is 15.0. The van der Waals surface area contributed by atoms with E-state index < -0.39 is 0 Å². The standard InChI is InChI=1S/C52H36N4/c1-3-12-39(13-4-1)50-54-51(40-14-5-2-6-15-40)56-52(55-50)45-31-43(36-23-21-35(22-24-36)42-17-11-29-53-34-42)30-44(32-45)37-25-27-38(28-26-37)49-33-41-16-7-8-18-46(41)47-19-9-10-20-48(47)49/h1-9,11-19,21-34H,10,20H2. The average molecular weight is 717 g/mol. The summed E-state index contributed by atoms with van der Waals surface area (Å²) in [6, 6.07) is 59.9. The molecule has 7 aromatic carbocycles. The van der Waals surface area contributed by atoms with Gasteiger partial charge >= 0.3 is 0 Å². The van der Waals surface area contributed by atoms with E-state index in [0.717, 1.165) is 62.9 Å². The highest BCUT2D eigenvalue weighted by Crippen LogP contribution is 2.39. The van der Waals surface area contributed by atoms with Crippen molar-refractivity contribution in [3.8, 4) is 78.7 Å². The summed E-state index contributed by atoms with van der Waals surface area (Å²) < 4.78 is 0. The van der Waals surface area contributed by atoms with Gasteiger partial charge in [-0.2, -0.15) is 0 Å². The molecule has 0 amide bonds. The van der Waals surface area contributed by atoms with E-state index >= 15 is 0 Å². The Bertz CT molecular complexity index is 2810. The molecule has 0 spiro atoms. The lowest BCUT2D eigenvalue weighted by molar-refractivity contribution is 0.992. The third-order valence-electron chi connectivity index (χ3n) is 10.7. The van der Waals surface area contributed by atoms with Crippen molar-refractivity contribution in [2.75, 3.05) is 0 Å². The fraction of sp³-hybridized carbons (Fsp3) is 0.0385.